The Morgan fingerprint density at radius 2 is 1.86 bits per heavy atom. The topological polar surface area (TPSA) is 65.5 Å². The van der Waals surface area contributed by atoms with E-state index in [0.29, 0.717) is 19.6 Å². The number of carbonyl (C=O) groups is 2. The molecule has 0 atom stereocenters. The van der Waals surface area contributed by atoms with Crippen LogP contribution in [0.5, 0.6) is 0 Å². The number of carbonyl (C=O) groups excluding carboxylic acids is 2. The quantitative estimate of drug-likeness (QED) is 0.562. The van der Waals surface area contributed by atoms with Gasteiger partial charge in [0.15, 0.2) is 0 Å². The molecule has 2 amide bonds. The molecular weight excluding hydrogens is 280 g/mol. The van der Waals surface area contributed by atoms with Gasteiger partial charge in [0, 0.05) is 32.0 Å². The van der Waals surface area contributed by atoms with E-state index in [1.165, 1.54) is 0 Å². The first-order chi connectivity index (χ1) is 10.5. The van der Waals surface area contributed by atoms with E-state index < -0.39 is 11.8 Å². The maximum absolute atomic E-state index is 12.1. The van der Waals surface area contributed by atoms with E-state index in [2.05, 4.69) is 10.3 Å². The number of pyridine rings is 1. The highest BCUT2D eigenvalue weighted by Gasteiger charge is 2.19. The van der Waals surface area contributed by atoms with Crippen LogP contribution in [-0.2, 0) is 16.0 Å². The lowest BCUT2D eigenvalue weighted by Crippen LogP contribution is -2.44. The Labute approximate surface area is 132 Å². The average Bonchev–Trinajstić information content (AvgIpc) is 2.52. The number of aromatic nitrogens is 1. The number of amides is 2. The van der Waals surface area contributed by atoms with Gasteiger partial charge in [0.1, 0.15) is 0 Å². The zero-order valence-corrected chi connectivity index (χ0v) is 13.7. The molecule has 1 heterocycles. The van der Waals surface area contributed by atoms with E-state index in [-0.39, 0.29) is 0 Å². The van der Waals surface area contributed by atoms with Crippen LogP contribution in [0.25, 0.3) is 0 Å². The molecule has 6 heteroatoms. The van der Waals surface area contributed by atoms with Crippen molar-refractivity contribution in [1.29, 1.82) is 0 Å². The molecule has 0 aliphatic carbocycles. The third-order valence-corrected chi connectivity index (χ3v) is 3.35. The van der Waals surface area contributed by atoms with Gasteiger partial charge in [-0.1, -0.05) is 0 Å². The lowest BCUT2D eigenvalue weighted by Gasteiger charge is -2.20. The molecule has 0 aliphatic heterocycles. The second-order valence-corrected chi connectivity index (χ2v) is 5.40. The zero-order valence-electron chi connectivity index (χ0n) is 13.7. The summed E-state index contributed by atoms with van der Waals surface area (Å²) in [5.74, 6) is -0.975. The van der Waals surface area contributed by atoms with Crippen LogP contribution in [0.1, 0.15) is 18.9 Å². The monoisotopic (exact) mass is 306 g/mol. The van der Waals surface area contributed by atoms with Crippen molar-refractivity contribution in [1.82, 2.24) is 20.1 Å². The summed E-state index contributed by atoms with van der Waals surface area (Å²) in [6, 6.07) is 3.83. The summed E-state index contributed by atoms with van der Waals surface area (Å²) in [6.45, 7) is 4.34. The average molecular weight is 306 g/mol. The Morgan fingerprint density at radius 1 is 1.18 bits per heavy atom. The van der Waals surface area contributed by atoms with Crippen molar-refractivity contribution in [3.05, 3.63) is 30.1 Å². The Bertz CT molecular complexity index is 462. The minimum absolute atomic E-state index is 0.457. The highest BCUT2D eigenvalue weighted by atomic mass is 16.2. The molecule has 0 saturated carbocycles. The predicted molar refractivity (Wildman–Crippen MR) is 86.4 cm³/mol. The molecule has 0 fully saturated rings. The molecule has 0 saturated heterocycles. The van der Waals surface area contributed by atoms with Crippen LogP contribution in [0.2, 0.25) is 0 Å². The molecular formula is C16H26N4O2. The van der Waals surface area contributed by atoms with E-state index >= 15 is 0 Å². The molecule has 122 valence electrons. The minimum atomic E-state index is -0.518. The Balaban J connectivity index is 2.37. The molecule has 1 aromatic rings. The Hall–Kier alpha value is -1.95. The van der Waals surface area contributed by atoms with Crippen LogP contribution in [0.15, 0.2) is 24.5 Å². The molecule has 0 unspecified atom stereocenters. The minimum Gasteiger partial charge on any atom is -0.348 e. The van der Waals surface area contributed by atoms with Crippen molar-refractivity contribution in [2.75, 3.05) is 40.3 Å². The largest absolute Gasteiger partial charge is 0.348 e. The Kier molecular flexibility index (Phi) is 8.14. The number of nitrogens with zero attached hydrogens (tertiary/aromatic N) is 3. The van der Waals surface area contributed by atoms with Gasteiger partial charge in [-0.05, 0) is 58.1 Å². The number of hydrogen-bond donors (Lipinski definition) is 1. The number of hydrogen-bond acceptors (Lipinski definition) is 4. The molecule has 22 heavy (non-hydrogen) atoms. The second kappa shape index (κ2) is 9.89. The van der Waals surface area contributed by atoms with Crippen molar-refractivity contribution in [3.63, 3.8) is 0 Å². The van der Waals surface area contributed by atoms with Gasteiger partial charge in [-0.15, -0.1) is 0 Å². The van der Waals surface area contributed by atoms with Crippen LogP contribution in [-0.4, -0.2) is 66.9 Å². The molecule has 0 spiro atoms. The van der Waals surface area contributed by atoms with E-state index in [4.69, 9.17) is 0 Å². The molecule has 0 bridgehead atoms. The van der Waals surface area contributed by atoms with Crippen molar-refractivity contribution >= 4 is 11.8 Å². The maximum atomic E-state index is 12.1. The molecule has 0 radical (unpaired) electrons. The molecule has 0 aromatic carbocycles. The third-order valence-electron chi connectivity index (χ3n) is 3.35. The van der Waals surface area contributed by atoms with Gasteiger partial charge in [0.25, 0.3) is 0 Å². The lowest BCUT2D eigenvalue weighted by molar-refractivity contribution is -0.145. The van der Waals surface area contributed by atoms with Crippen LogP contribution < -0.4 is 5.32 Å². The lowest BCUT2D eigenvalue weighted by atomic mass is 10.2. The van der Waals surface area contributed by atoms with Crippen LogP contribution in [0.4, 0.5) is 0 Å². The normalized spacial score (nSPS) is 10.5. The first kappa shape index (κ1) is 18.1. The fraction of sp³-hybridized carbons (Fsp3) is 0.562. The second-order valence-electron chi connectivity index (χ2n) is 5.40. The summed E-state index contributed by atoms with van der Waals surface area (Å²) in [4.78, 5) is 31.6. The molecule has 1 aromatic heterocycles. The van der Waals surface area contributed by atoms with Gasteiger partial charge in [-0.25, -0.2) is 0 Å². The van der Waals surface area contributed by atoms with Crippen molar-refractivity contribution < 1.29 is 9.59 Å². The van der Waals surface area contributed by atoms with E-state index in [1.807, 2.05) is 38.1 Å². The van der Waals surface area contributed by atoms with Gasteiger partial charge < -0.3 is 15.1 Å². The van der Waals surface area contributed by atoms with Gasteiger partial charge in [0.05, 0.1) is 0 Å². The van der Waals surface area contributed by atoms with Crippen molar-refractivity contribution in [3.8, 4) is 0 Å². The summed E-state index contributed by atoms with van der Waals surface area (Å²) >= 11 is 0. The Morgan fingerprint density at radius 3 is 2.45 bits per heavy atom. The van der Waals surface area contributed by atoms with Crippen LogP contribution in [0.3, 0.4) is 0 Å². The van der Waals surface area contributed by atoms with Gasteiger partial charge in [-0.2, -0.15) is 0 Å². The van der Waals surface area contributed by atoms with Gasteiger partial charge in [0.2, 0.25) is 0 Å². The zero-order chi connectivity index (χ0) is 16.4. The molecule has 0 aliphatic rings. The standard InChI is InChI=1S/C16H26N4O2/c1-4-20(13-8-14-6-10-17-11-7-14)16(22)15(21)18-9-5-12-19(2)3/h6-7,10-11H,4-5,8-9,12-13H2,1-3H3,(H,18,21). The highest BCUT2D eigenvalue weighted by Crippen LogP contribution is 2.00. The molecule has 1 N–H and O–H groups in total. The van der Waals surface area contributed by atoms with E-state index in [9.17, 15) is 9.59 Å². The first-order valence-electron chi connectivity index (χ1n) is 7.65. The summed E-state index contributed by atoms with van der Waals surface area (Å²) in [5.41, 5.74) is 1.10. The summed E-state index contributed by atoms with van der Waals surface area (Å²) in [5, 5.41) is 2.68. The number of nitrogens with one attached hydrogen (secondary N) is 1. The van der Waals surface area contributed by atoms with Crippen LogP contribution >= 0.6 is 0 Å². The number of likely N-dealkylation sites (N-methyl/N-ethyl adjacent to an activating group) is 1. The van der Waals surface area contributed by atoms with E-state index in [0.717, 1.165) is 24.9 Å². The summed E-state index contributed by atoms with van der Waals surface area (Å²) < 4.78 is 0. The van der Waals surface area contributed by atoms with E-state index in [1.54, 1.807) is 17.3 Å². The third kappa shape index (κ3) is 6.67. The van der Waals surface area contributed by atoms with Crippen LogP contribution in [0, 0.1) is 0 Å². The van der Waals surface area contributed by atoms with Crippen molar-refractivity contribution in [2.45, 2.75) is 19.8 Å². The number of rotatable bonds is 8. The van der Waals surface area contributed by atoms with Crippen molar-refractivity contribution in [2.24, 2.45) is 0 Å². The fourth-order valence-electron chi connectivity index (χ4n) is 2.03. The SMILES string of the molecule is CCN(CCc1ccncc1)C(=O)C(=O)NCCCN(C)C. The smallest absolute Gasteiger partial charge is 0.311 e. The highest BCUT2D eigenvalue weighted by molar-refractivity contribution is 6.34. The maximum Gasteiger partial charge on any atom is 0.311 e. The first-order valence-corrected chi connectivity index (χ1v) is 7.65. The summed E-state index contributed by atoms with van der Waals surface area (Å²) in [7, 11) is 3.95. The molecule has 1 rings (SSSR count). The molecule has 6 nitrogen and oxygen atoms in total. The summed E-state index contributed by atoms with van der Waals surface area (Å²) in [6.07, 6.45) is 5.00. The predicted octanol–water partition coefficient (Wildman–Crippen LogP) is 0.541. The van der Waals surface area contributed by atoms with Gasteiger partial charge in [-0.3, -0.25) is 14.6 Å². The van der Waals surface area contributed by atoms with Gasteiger partial charge >= 0.3 is 11.8 Å². The fourth-order valence-corrected chi connectivity index (χ4v) is 2.03.